The molecule has 19 heavy (non-hydrogen) atoms. The van der Waals surface area contributed by atoms with E-state index >= 15 is 0 Å². The molecule has 0 fully saturated rings. The summed E-state index contributed by atoms with van der Waals surface area (Å²) in [7, 11) is 2.03. The lowest BCUT2D eigenvalue weighted by Crippen LogP contribution is -2.22. The maximum atomic E-state index is 5.91. The van der Waals surface area contributed by atoms with E-state index in [1.54, 1.807) is 6.20 Å². The summed E-state index contributed by atoms with van der Waals surface area (Å²) >= 11 is 11.8. The molecule has 1 heterocycles. The molecule has 0 aliphatic rings. The number of hydrogen-bond donors (Lipinski definition) is 0. The number of benzene rings is 1. The average Bonchev–Trinajstić information content (AvgIpc) is 2.46. The smallest absolute Gasteiger partial charge is 0.129 e. The second-order valence-electron chi connectivity index (χ2n) is 4.49. The van der Waals surface area contributed by atoms with Crippen LogP contribution in [0.5, 0.6) is 0 Å². The van der Waals surface area contributed by atoms with Gasteiger partial charge in [0.1, 0.15) is 5.82 Å². The zero-order valence-corrected chi connectivity index (χ0v) is 12.5. The van der Waals surface area contributed by atoms with Gasteiger partial charge in [-0.15, -0.1) is 11.6 Å². The summed E-state index contributed by atoms with van der Waals surface area (Å²) in [6.45, 7) is 2.14. The first-order valence-corrected chi connectivity index (χ1v) is 7.02. The van der Waals surface area contributed by atoms with E-state index in [9.17, 15) is 0 Å². The molecule has 1 aromatic carbocycles. The van der Waals surface area contributed by atoms with Crippen molar-refractivity contribution >= 4 is 29.0 Å². The minimum Gasteiger partial charge on any atom is -0.353 e. The second kappa shape index (κ2) is 6.27. The molecule has 0 radical (unpaired) electrons. The molecular weight excluding hydrogens is 279 g/mol. The fourth-order valence-corrected chi connectivity index (χ4v) is 2.19. The van der Waals surface area contributed by atoms with Crippen molar-refractivity contribution in [3.63, 3.8) is 0 Å². The zero-order valence-electron chi connectivity index (χ0n) is 11.0. The van der Waals surface area contributed by atoms with Crippen molar-refractivity contribution in [2.24, 2.45) is 0 Å². The number of hydrogen-bond acceptors (Lipinski definition) is 2. The van der Waals surface area contributed by atoms with Crippen LogP contribution in [0.3, 0.4) is 0 Å². The first-order chi connectivity index (χ1) is 9.11. The van der Waals surface area contributed by atoms with Gasteiger partial charge in [-0.25, -0.2) is 4.98 Å². The van der Waals surface area contributed by atoms with E-state index in [4.69, 9.17) is 23.2 Å². The third-order valence-corrected chi connectivity index (χ3v) is 3.82. The van der Waals surface area contributed by atoms with E-state index < -0.39 is 0 Å². The van der Waals surface area contributed by atoms with Gasteiger partial charge in [0.25, 0.3) is 0 Å². The lowest BCUT2D eigenvalue weighted by molar-refractivity contribution is 0.728. The van der Waals surface area contributed by atoms with Crippen molar-refractivity contribution in [1.82, 2.24) is 4.98 Å². The molecule has 1 atom stereocenters. The van der Waals surface area contributed by atoms with Crippen molar-refractivity contribution in [3.05, 3.63) is 58.7 Å². The second-order valence-corrected chi connectivity index (χ2v) is 5.20. The Morgan fingerprint density at radius 3 is 2.53 bits per heavy atom. The van der Waals surface area contributed by atoms with Crippen LogP contribution < -0.4 is 4.90 Å². The van der Waals surface area contributed by atoms with Crippen LogP contribution in [0.4, 0.5) is 5.82 Å². The molecule has 2 nitrogen and oxygen atoms in total. The highest BCUT2D eigenvalue weighted by Gasteiger charge is 2.13. The molecular formula is C15H16Cl2N2. The molecule has 2 rings (SSSR count). The predicted molar refractivity (Wildman–Crippen MR) is 82.1 cm³/mol. The molecule has 0 N–H and O–H groups in total. The number of alkyl halides is 1. The van der Waals surface area contributed by atoms with E-state index in [-0.39, 0.29) is 6.04 Å². The molecule has 4 heteroatoms. The van der Waals surface area contributed by atoms with E-state index in [0.29, 0.717) is 5.88 Å². The highest BCUT2D eigenvalue weighted by atomic mass is 35.5. The minimum atomic E-state index is 0.218. The van der Waals surface area contributed by atoms with Crippen LogP contribution >= 0.6 is 23.2 Å². The molecule has 1 aromatic heterocycles. The third-order valence-electron chi connectivity index (χ3n) is 3.26. The van der Waals surface area contributed by atoms with Crippen molar-refractivity contribution in [2.45, 2.75) is 18.8 Å². The van der Waals surface area contributed by atoms with Crippen molar-refractivity contribution in [1.29, 1.82) is 0 Å². The first-order valence-electron chi connectivity index (χ1n) is 6.11. The summed E-state index contributed by atoms with van der Waals surface area (Å²) in [5.41, 5.74) is 2.27. The van der Waals surface area contributed by atoms with E-state index in [1.807, 2.05) is 43.4 Å². The number of nitrogens with zero attached hydrogens (tertiary/aromatic N) is 2. The lowest BCUT2D eigenvalue weighted by atomic mass is 10.1. The zero-order chi connectivity index (χ0) is 13.8. The molecule has 0 aliphatic heterocycles. The maximum absolute atomic E-state index is 5.91. The first kappa shape index (κ1) is 14.2. The number of rotatable bonds is 4. The Hall–Kier alpha value is -1.25. The summed E-state index contributed by atoms with van der Waals surface area (Å²) in [6, 6.07) is 12.0. The molecule has 0 aliphatic carbocycles. The van der Waals surface area contributed by atoms with E-state index in [0.717, 1.165) is 16.4 Å². The van der Waals surface area contributed by atoms with Crippen LogP contribution in [-0.2, 0) is 5.88 Å². The van der Waals surface area contributed by atoms with Gasteiger partial charge in [0.15, 0.2) is 0 Å². The van der Waals surface area contributed by atoms with Crippen LogP contribution in [0, 0.1) is 0 Å². The van der Waals surface area contributed by atoms with Crippen molar-refractivity contribution in [2.75, 3.05) is 11.9 Å². The van der Waals surface area contributed by atoms with Crippen molar-refractivity contribution < 1.29 is 0 Å². The molecule has 0 amide bonds. The summed E-state index contributed by atoms with van der Waals surface area (Å²) in [5, 5.41) is 0.751. The molecule has 0 bridgehead atoms. The van der Waals surface area contributed by atoms with Crippen LogP contribution in [0.25, 0.3) is 0 Å². The van der Waals surface area contributed by atoms with Gasteiger partial charge in [-0.05, 0) is 42.3 Å². The summed E-state index contributed by atoms with van der Waals surface area (Å²) in [4.78, 5) is 6.52. The third kappa shape index (κ3) is 3.40. The molecule has 2 aromatic rings. The Morgan fingerprint density at radius 2 is 1.89 bits per heavy atom. The van der Waals surface area contributed by atoms with Crippen LogP contribution in [0.15, 0.2) is 42.6 Å². The largest absolute Gasteiger partial charge is 0.353 e. The molecule has 0 saturated carbocycles. The minimum absolute atomic E-state index is 0.218. The summed E-state index contributed by atoms with van der Waals surface area (Å²) in [5.74, 6) is 1.42. The standard InChI is InChI=1S/C15H16Cl2N2/c1-11(13-3-5-14(17)6-4-13)19(2)15-9-12(10-16)7-8-18-15/h3-9,11H,10H2,1-2H3. The lowest BCUT2D eigenvalue weighted by Gasteiger charge is -2.26. The number of anilines is 1. The van der Waals surface area contributed by atoms with Gasteiger partial charge in [-0.3, -0.25) is 0 Å². The average molecular weight is 295 g/mol. The Kier molecular flexibility index (Phi) is 4.67. The summed E-state index contributed by atoms with van der Waals surface area (Å²) in [6.07, 6.45) is 1.79. The highest BCUT2D eigenvalue weighted by molar-refractivity contribution is 6.30. The van der Waals surface area contributed by atoms with Gasteiger partial charge in [-0.2, -0.15) is 0 Å². The number of halogens is 2. The van der Waals surface area contributed by atoms with Crippen LogP contribution in [0.2, 0.25) is 5.02 Å². The monoisotopic (exact) mass is 294 g/mol. The van der Waals surface area contributed by atoms with Crippen molar-refractivity contribution in [3.8, 4) is 0 Å². The van der Waals surface area contributed by atoms with Gasteiger partial charge in [0, 0.05) is 24.1 Å². The Balaban J connectivity index is 2.22. The molecule has 1 unspecified atom stereocenters. The van der Waals surface area contributed by atoms with Crippen LogP contribution in [0.1, 0.15) is 24.1 Å². The highest BCUT2D eigenvalue weighted by Crippen LogP contribution is 2.25. The number of pyridine rings is 1. The Labute approximate surface area is 124 Å². The SMILES string of the molecule is CC(c1ccc(Cl)cc1)N(C)c1cc(CCl)ccn1. The topological polar surface area (TPSA) is 16.1 Å². The van der Waals surface area contributed by atoms with Gasteiger partial charge in [-0.1, -0.05) is 23.7 Å². The van der Waals surface area contributed by atoms with Gasteiger partial charge in [0.05, 0.1) is 6.04 Å². The quantitative estimate of drug-likeness (QED) is 0.762. The normalized spacial score (nSPS) is 12.2. The van der Waals surface area contributed by atoms with Gasteiger partial charge < -0.3 is 4.90 Å². The molecule has 0 saturated heterocycles. The number of aromatic nitrogens is 1. The van der Waals surface area contributed by atoms with E-state index in [2.05, 4.69) is 16.8 Å². The van der Waals surface area contributed by atoms with Gasteiger partial charge >= 0.3 is 0 Å². The Bertz CT molecular complexity index is 540. The van der Waals surface area contributed by atoms with Crippen LogP contribution in [-0.4, -0.2) is 12.0 Å². The predicted octanol–water partition coefficient (Wildman–Crippen LogP) is 4.67. The fourth-order valence-electron chi connectivity index (χ4n) is 1.90. The molecule has 0 spiro atoms. The Morgan fingerprint density at radius 1 is 1.21 bits per heavy atom. The van der Waals surface area contributed by atoms with Gasteiger partial charge in [0.2, 0.25) is 0 Å². The van der Waals surface area contributed by atoms with E-state index in [1.165, 1.54) is 5.56 Å². The molecule has 100 valence electrons. The fraction of sp³-hybridized carbons (Fsp3) is 0.267. The maximum Gasteiger partial charge on any atom is 0.129 e. The summed E-state index contributed by atoms with van der Waals surface area (Å²) < 4.78 is 0.